The van der Waals surface area contributed by atoms with Gasteiger partial charge in [-0.2, -0.15) is 0 Å². The number of nitrogens with zero attached hydrogens (tertiary/aromatic N) is 1. The first kappa shape index (κ1) is 20.5. The maximum atomic E-state index is 12.8. The lowest BCUT2D eigenvalue weighted by Crippen LogP contribution is -2.30. The Balaban J connectivity index is 1.75. The van der Waals surface area contributed by atoms with Crippen LogP contribution in [0.3, 0.4) is 0 Å². The third-order valence-corrected chi connectivity index (χ3v) is 4.73. The van der Waals surface area contributed by atoms with Crippen LogP contribution < -0.4 is 15.0 Å². The van der Waals surface area contributed by atoms with Gasteiger partial charge in [-0.15, -0.1) is 0 Å². The van der Waals surface area contributed by atoms with Gasteiger partial charge in [0.15, 0.2) is 0 Å². The number of hydrogen-bond acceptors (Lipinski definition) is 4. The standard InChI is InChI=1S/C23H26N2O4/c1-4-13-29-17-11-9-16(10-12-17)25-14-20(26)21(23(25)28)22(27)24-19-8-6-5-7-18(19)15(2)3/h5-12,15,26H,4,13-14H2,1-3H3,(H,24,27). The molecule has 2 amide bonds. The molecule has 0 saturated carbocycles. The SMILES string of the molecule is CCCOc1ccc(N2CC(O)=C(C(=O)Nc3ccccc3C(C)C)C2=O)cc1. The van der Waals surface area contributed by atoms with Crippen LogP contribution >= 0.6 is 0 Å². The molecule has 0 atom stereocenters. The molecule has 1 aliphatic heterocycles. The van der Waals surface area contributed by atoms with Crippen molar-refractivity contribution in [3.8, 4) is 5.75 Å². The largest absolute Gasteiger partial charge is 0.509 e. The van der Waals surface area contributed by atoms with Crippen molar-refractivity contribution in [1.29, 1.82) is 0 Å². The Labute approximate surface area is 170 Å². The first-order valence-electron chi connectivity index (χ1n) is 9.79. The van der Waals surface area contributed by atoms with Crippen LogP contribution in [-0.4, -0.2) is 30.1 Å². The average molecular weight is 394 g/mol. The summed E-state index contributed by atoms with van der Waals surface area (Å²) in [4.78, 5) is 27.0. The Morgan fingerprint density at radius 1 is 1.17 bits per heavy atom. The van der Waals surface area contributed by atoms with E-state index in [0.29, 0.717) is 23.7 Å². The molecule has 0 saturated heterocycles. The lowest BCUT2D eigenvalue weighted by Gasteiger charge is -2.17. The minimum Gasteiger partial charge on any atom is -0.509 e. The van der Waals surface area contributed by atoms with Gasteiger partial charge in [0, 0.05) is 11.4 Å². The summed E-state index contributed by atoms with van der Waals surface area (Å²) in [5, 5.41) is 13.1. The third-order valence-electron chi connectivity index (χ3n) is 4.73. The number of aliphatic hydroxyl groups is 1. The number of aliphatic hydroxyl groups excluding tert-OH is 1. The van der Waals surface area contributed by atoms with Gasteiger partial charge in [0.1, 0.15) is 17.1 Å². The molecule has 1 aliphatic rings. The van der Waals surface area contributed by atoms with Gasteiger partial charge in [-0.25, -0.2) is 0 Å². The fourth-order valence-corrected chi connectivity index (χ4v) is 3.24. The fraction of sp³-hybridized carbons (Fsp3) is 0.304. The van der Waals surface area contributed by atoms with Crippen molar-refractivity contribution < 1.29 is 19.4 Å². The van der Waals surface area contributed by atoms with Crippen LogP contribution in [-0.2, 0) is 9.59 Å². The van der Waals surface area contributed by atoms with E-state index in [4.69, 9.17) is 4.74 Å². The lowest BCUT2D eigenvalue weighted by atomic mass is 10.0. The molecule has 152 valence electrons. The molecule has 0 aromatic heterocycles. The smallest absolute Gasteiger partial charge is 0.267 e. The van der Waals surface area contributed by atoms with Crippen LogP contribution in [0.15, 0.2) is 59.9 Å². The number of anilines is 2. The van der Waals surface area contributed by atoms with Crippen molar-refractivity contribution >= 4 is 23.2 Å². The summed E-state index contributed by atoms with van der Waals surface area (Å²) in [6.07, 6.45) is 0.905. The first-order chi connectivity index (χ1) is 13.9. The van der Waals surface area contributed by atoms with E-state index in [2.05, 4.69) is 5.32 Å². The summed E-state index contributed by atoms with van der Waals surface area (Å²) in [5.41, 5.74) is 1.97. The molecular weight excluding hydrogens is 368 g/mol. The van der Waals surface area contributed by atoms with E-state index < -0.39 is 11.8 Å². The molecule has 0 bridgehead atoms. The van der Waals surface area contributed by atoms with Crippen molar-refractivity contribution in [3.05, 3.63) is 65.4 Å². The van der Waals surface area contributed by atoms with Crippen LogP contribution in [0.5, 0.6) is 5.75 Å². The molecular formula is C23H26N2O4. The van der Waals surface area contributed by atoms with Gasteiger partial charge >= 0.3 is 0 Å². The van der Waals surface area contributed by atoms with Crippen molar-refractivity contribution in [2.24, 2.45) is 0 Å². The number of carbonyl (C=O) groups is 2. The molecule has 0 unspecified atom stereocenters. The van der Waals surface area contributed by atoms with Crippen LogP contribution in [0, 0.1) is 0 Å². The van der Waals surface area contributed by atoms with E-state index in [9.17, 15) is 14.7 Å². The Bertz CT molecular complexity index is 932. The van der Waals surface area contributed by atoms with Gasteiger partial charge in [0.05, 0.1) is 13.2 Å². The van der Waals surface area contributed by atoms with Crippen LogP contribution in [0.25, 0.3) is 0 Å². The molecule has 29 heavy (non-hydrogen) atoms. The number of amides is 2. The monoisotopic (exact) mass is 394 g/mol. The number of para-hydroxylation sites is 1. The Morgan fingerprint density at radius 2 is 1.86 bits per heavy atom. The van der Waals surface area contributed by atoms with Crippen molar-refractivity contribution in [2.75, 3.05) is 23.4 Å². The first-order valence-corrected chi connectivity index (χ1v) is 9.79. The molecule has 1 heterocycles. The second-order valence-electron chi connectivity index (χ2n) is 7.25. The van der Waals surface area contributed by atoms with E-state index in [1.54, 1.807) is 30.3 Å². The van der Waals surface area contributed by atoms with E-state index in [0.717, 1.165) is 12.0 Å². The highest BCUT2D eigenvalue weighted by Gasteiger charge is 2.36. The van der Waals surface area contributed by atoms with Crippen molar-refractivity contribution in [2.45, 2.75) is 33.1 Å². The number of nitrogens with one attached hydrogen (secondary N) is 1. The maximum Gasteiger partial charge on any atom is 0.267 e. The molecule has 0 aliphatic carbocycles. The maximum absolute atomic E-state index is 12.8. The highest BCUT2D eigenvalue weighted by molar-refractivity contribution is 6.29. The molecule has 0 radical (unpaired) electrons. The Kier molecular flexibility index (Phi) is 6.22. The second-order valence-corrected chi connectivity index (χ2v) is 7.25. The molecule has 6 nitrogen and oxygen atoms in total. The predicted molar refractivity (Wildman–Crippen MR) is 113 cm³/mol. The van der Waals surface area contributed by atoms with E-state index >= 15 is 0 Å². The van der Waals surface area contributed by atoms with Crippen molar-refractivity contribution in [3.63, 3.8) is 0 Å². The van der Waals surface area contributed by atoms with Gasteiger partial charge < -0.3 is 20.1 Å². The van der Waals surface area contributed by atoms with Crippen LogP contribution in [0.4, 0.5) is 11.4 Å². The molecule has 2 aromatic rings. The molecule has 3 rings (SSSR count). The summed E-state index contributed by atoms with van der Waals surface area (Å²) >= 11 is 0. The lowest BCUT2D eigenvalue weighted by molar-refractivity contribution is -0.119. The Hall–Kier alpha value is -3.28. The van der Waals surface area contributed by atoms with Crippen LogP contribution in [0.1, 0.15) is 38.7 Å². The molecule has 6 heteroatoms. The highest BCUT2D eigenvalue weighted by atomic mass is 16.5. The van der Waals surface area contributed by atoms with Crippen molar-refractivity contribution in [1.82, 2.24) is 0 Å². The number of ether oxygens (including phenoxy) is 1. The molecule has 0 fully saturated rings. The summed E-state index contributed by atoms with van der Waals surface area (Å²) in [6, 6.07) is 14.5. The molecule has 0 spiro atoms. The topological polar surface area (TPSA) is 78.9 Å². The number of hydrogen-bond donors (Lipinski definition) is 2. The van der Waals surface area contributed by atoms with Gasteiger partial charge in [-0.05, 0) is 48.2 Å². The molecule has 2 N–H and O–H groups in total. The zero-order valence-electron chi connectivity index (χ0n) is 16.9. The number of rotatable bonds is 7. The summed E-state index contributed by atoms with van der Waals surface area (Å²) in [7, 11) is 0. The zero-order valence-corrected chi connectivity index (χ0v) is 16.9. The third kappa shape index (κ3) is 4.42. The van der Waals surface area contributed by atoms with E-state index in [1.165, 1.54) is 4.90 Å². The molecule has 2 aromatic carbocycles. The van der Waals surface area contributed by atoms with Gasteiger partial charge in [0.2, 0.25) is 0 Å². The minimum atomic E-state index is -0.606. The predicted octanol–water partition coefficient (Wildman–Crippen LogP) is 4.40. The highest BCUT2D eigenvalue weighted by Crippen LogP contribution is 2.29. The summed E-state index contributed by atoms with van der Waals surface area (Å²) < 4.78 is 5.55. The van der Waals surface area contributed by atoms with E-state index in [-0.39, 0.29) is 23.8 Å². The van der Waals surface area contributed by atoms with Gasteiger partial charge in [-0.3, -0.25) is 9.59 Å². The van der Waals surface area contributed by atoms with Crippen LogP contribution in [0.2, 0.25) is 0 Å². The van der Waals surface area contributed by atoms with Gasteiger partial charge in [-0.1, -0.05) is 39.0 Å². The summed E-state index contributed by atoms with van der Waals surface area (Å²) in [5.74, 6) is -0.447. The second kappa shape index (κ2) is 8.82. The fourth-order valence-electron chi connectivity index (χ4n) is 3.24. The number of benzene rings is 2. The Morgan fingerprint density at radius 3 is 2.52 bits per heavy atom. The quantitative estimate of drug-likeness (QED) is 0.683. The van der Waals surface area contributed by atoms with Gasteiger partial charge in [0.25, 0.3) is 11.8 Å². The number of carbonyl (C=O) groups excluding carboxylic acids is 2. The minimum absolute atomic E-state index is 0.0391. The summed E-state index contributed by atoms with van der Waals surface area (Å²) in [6.45, 7) is 6.66. The average Bonchev–Trinajstić information content (AvgIpc) is 3.01. The zero-order chi connectivity index (χ0) is 21.0. The van der Waals surface area contributed by atoms with E-state index in [1.807, 2.05) is 39.0 Å². The normalized spacial score (nSPS) is 13.9.